The highest BCUT2D eigenvalue weighted by Crippen LogP contribution is 2.28. The van der Waals surface area contributed by atoms with Gasteiger partial charge in [-0.2, -0.15) is 0 Å². The van der Waals surface area contributed by atoms with Crippen molar-refractivity contribution in [3.05, 3.63) is 130 Å². The van der Waals surface area contributed by atoms with Crippen molar-refractivity contribution in [2.24, 2.45) is 0 Å². The Balaban J connectivity index is 1.64. The van der Waals surface area contributed by atoms with Gasteiger partial charge >= 0.3 is 0 Å². The molecule has 30 heavy (non-hydrogen) atoms. The number of carbonyl (C=O) groups is 2. The average molecular weight is 415 g/mol. The van der Waals surface area contributed by atoms with Crippen molar-refractivity contribution in [2.75, 3.05) is 0 Å². The van der Waals surface area contributed by atoms with E-state index in [4.69, 9.17) is 11.6 Å². The summed E-state index contributed by atoms with van der Waals surface area (Å²) in [7, 11) is 0. The van der Waals surface area contributed by atoms with Gasteiger partial charge in [-0.15, -0.1) is 0 Å². The Morgan fingerprint density at radius 2 is 1.13 bits per heavy atom. The van der Waals surface area contributed by atoms with E-state index in [9.17, 15) is 9.59 Å². The molecule has 0 spiro atoms. The van der Waals surface area contributed by atoms with Crippen LogP contribution < -0.4 is 4.90 Å². The molecule has 1 aliphatic rings. The van der Waals surface area contributed by atoms with E-state index >= 15 is 0 Å². The second kappa shape index (κ2) is 9.04. The number of hydrogen-bond donors (Lipinski definition) is 1. The lowest BCUT2D eigenvalue weighted by atomic mass is 9.89. The topological polar surface area (TPSA) is 38.6 Å². The highest BCUT2D eigenvalue weighted by atomic mass is 35.5. The first kappa shape index (κ1) is 20.0. The van der Waals surface area contributed by atoms with E-state index in [-0.39, 0.29) is 22.2 Å². The summed E-state index contributed by atoms with van der Waals surface area (Å²) in [4.78, 5) is 26.7. The summed E-state index contributed by atoms with van der Waals surface area (Å²) in [5, 5.41) is -0.0197. The molecule has 0 heterocycles. The molecule has 0 atom stereocenters. The fraction of sp³-hybridized carbons (Fsp3) is 0.0769. The van der Waals surface area contributed by atoms with Crippen molar-refractivity contribution in [3.63, 3.8) is 0 Å². The third kappa shape index (κ3) is 4.33. The molecule has 3 nitrogen and oxygen atoms in total. The van der Waals surface area contributed by atoms with Crippen LogP contribution in [-0.2, 0) is 13.1 Å². The van der Waals surface area contributed by atoms with Gasteiger partial charge in [0.2, 0.25) is 5.78 Å². The number of carbonyl (C=O) groups excluding carboxylic acids is 2. The van der Waals surface area contributed by atoms with Crippen molar-refractivity contribution < 1.29 is 14.5 Å². The van der Waals surface area contributed by atoms with E-state index in [0.29, 0.717) is 11.1 Å². The van der Waals surface area contributed by atoms with Crippen LogP contribution in [0.2, 0.25) is 0 Å². The lowest BCUT2D eigenvalue weighted by molar-refractivity contribution is -0.875. The van der Waals surface area contributed by atoms with Crippen molar-refractivity contribution >= 4 is 23.2 Å². The molecule has 0 saturated heterocycles. The van der Waals surface area contributed by atoms with Gasteiger partial charge in [0.25, 0.3) is 0 Å². The van der Waals surface area contributed by atoms with Gasteiger partial charge in [0.05, 0.1) is 16.8 Å². The molecule has 3 aromatic carbocycles. The first-order chi connectivity index (χ1) is 14.6. The maximum Gasteiger partial charge on any atom is 0.205 e. The number of ketones is 2. The van der Waals surface area contributed by atoms with Crippen molar-refractivity contribution in [3.8, 4) is 0 Å². The zero-order valence-corrected chi connectivity index (χ0v) is 17.1. The van der Waals surface area contributed by atoms with Crippen LogP contribution in [0.15, 0.2) is 108 Å². The Labute approximate surface area is 180 Å². The molecule has 0 aliphatic heterocycles. The number of allylic oxidation sites excluding steroid dienone is 3. The largest absolute Gasteiger partial charge is 0.301 e. The van der Waals surface area contributed by atoms with Crippen LogP contribution in [0.4, 0.5) is 0 Å². The third-order valence-corrected chi connectivity index (χ3v) is 5.51. The van der Waals surface area contributed by atoms with Gasteiger partial charge < -0.3 is 4.90 Å². The molecule has 3 aromatic rings. The van der Waals surface area contributed by atoms with Gasteiger partial charge in [-0.3, -0.25) is 9.59 Å². The second-order valence-electron chi connectivity index (χ2n) is 7.25. The maximum atomic E-state index is 12.9. The summed E-state index contributed by atoms with van der Waals surface area (Å²) in [6.07, 6.45) is 3.62. The molecular formula is C26H21ClNO2+. The van der Waals surface area contributed by atoms with E-state index in [1.54, 1.807) is 30.3 Å². The summed E-state index contributed by atoms with van der Waals surface area (Å²) in [6, 6.07) is 27.2. The Kier molecular flexibility index (Phi) is 6.03. The van der Waals surface area contributed by atoms with Crippen LogP contribution >= 0.6 is 11.6 Å². The van der Waals surface area contributed by atoms with Crippen LogP contribution in [0.1, 0.15) is 31.8 Å². The normalized spacial score (nSPS) is 13.9. The number of nitrogens with one attached hydrogen (secondary N) is 1. The number of hydrogen-bond acceptors (Lipinski definition) is 2. The number of rotatable bonds is 6. The quantitative estimate of drug-likeness (QED) is 0.651. The number of fused-ring (bicyclic) bond motifs is 1. The smallest absolute Gasteiger partial charge is 0.205 e. The minimum absolute atomic E-state index is 0.0197. The molecule has 0 bridgehead atoms. The molecule has 1 N–H and O–H groups in total. The SMILES string of the molecule is O=C1C(Cl)=C(/C=C/[NH+](Cc2ccccc2)Cc2ccccc2)C(=O)c2ccccc21. The third-order valence-electron chi connectivity index (χ3n) is 5.13. The lowest BCUT2D eigenvalue weighted by Gasteiger charge is -2.17. The van der Waals surface area contributed by atoms with E-state index in [1.807, 2.05) is 42.6 Å². The summed E-state index contributed by atoms with van der Waals surface area (Å²) in [6.45, 7) is 1.49. The molecule has 4 rings (SSSR count). The molecular weight excluding hydrogens is 394 g/mol. The Morgan fingerprint density at radius 3 is 1.67 bits per heavy atom. The van der Waals surface area contributed by atoms with E-state index in [1.165, 1.54) is 11.1 Å². The molecule has 0 unspecified atom stereocenters. The first-order valence-electron chi connectivity index (χ1n) is 9.82. The first-order valence-corrected chi connectivity index (χ1v) is 10.2. The predicted molar refractivity (Wildman–Crippen MR) is 118 cm³/mol. The predicted octanol–water partition coefficient (Wildman–Crippen LogP) is 4.36. The average Bonchev–Trinajstić information content (AvgIpc) is 2.79. The standard InChI is InChI=1S/C26H20ClNO2/c27-24-23(25(29)21-13-7-8-14-22(21)26(24)30)15-16-28(17-19-9-3-1-4-10-19)18-20-11-5-2-6-12-20/h1-16H,17-18H2/p+1/b16-15+. The summed E-state index contributed by atoms with van der Waals surface area (Å²) in [5.41, 5.74) is 3.38. The van der Waals surface area contributed by atoms with Crippen LogP contribution in [0.5, 0.6) is 0 Å². The number of halogens is 1. The molecule has 4 heteroatoms. The van der Waals surface area contributed by atoms with Gasteiger partial charge in [0.1, 0.15) is 13.1 Å². The fourth-order valence-corrected chi connectivity index (χ4v) is 3.86. The summed E-state index contributed by atoms with van der Waals surface area (Å²) < 4.78 is 0. The van der Waals surface area contributed by atoms with Crippen molar-refractivity contribution in [1.29, 1.82) is 0 Å². The molecule has 1 aliphatic carbocycles. The minimum atomic E-state index is -0.306. The molecule has 0 radical (unpaired) electrons. The molecule has 0 fully saturated rings. The van der Waals surface area contributed by atoms with Gasteiger partial charge in [-0.05, 0) is 0 Å². The minimum Gasteiger partial charge on any atom is -0.301 e. The van der Waals surface area contributed by atoms with Gasteiger partial charge in [0.15, 0.2) is 5.78 Å². The molecule has 148 valence electrons. The zero-order valence-electron chi connectivity index (χ0n) is 16.3. The van der Waals surface area contributed by atoms with E-state index in [0.717, 1.165) is 18.0 Å². The highest BCUT2D eigenvalue weighted by Gasteiger charge is 2.30. The summed E-state index contributed by atoms with van der Waals surface area (Å²) in [5.74, 6) is -0.524. The van der Waals surface area contributed by atoms with Gasteiger partial charge in [0, 0.05) is 28.3 Å². The number of Topliss-reactive ketones (excluding diaryl/α,β-unsaturated/α-hetero) is 2. The Bertz CT molecular complexity index is 1090. The highest BCUT2D eigenvalue weighted by molar-refractivity contribution is 6.50. The van der Waals surface area contributed by atoms with E-state index < -0.39 is 0 Å². The van der Waals surface area contributed by atoms with Gasteiger partial charge in [-0.25, -0.2) is 0 Å². The van der Waals surface area contributed by atoms with Crippen LogP contribution in [0.3, 0.4) is 0 Å². The lowest BCUT2D eigenvalue weighted by Crippen LogP contribution is -3.04. The van der Waals surface area contributed by atoms with Crippen LogP contribution in [0.25, 0.3) is 0 Å². The second-order valence-corrected chi connectivity index (χ2v) is 7.63. The number of benzene rings is 3. The number of quaternary nitrogens is 1. The van der Waals surface area contributed by atoms with E-state index in [2.05, 4.69) is 24.3 Å². The van der Waals surface area contributed by atoms with Crippen molar-refractivity contribution in [1.82, 2.24) is 0 Å². The Hall–Kier alpha value is -3.27. The molecule has 0 saturated carbocycles. The monoisotopic (exact) mass is 414 g/mol. The van der Waals surface area contributed by atoms with Crippen LogP contribution in [-0.4, -0.2) is 11.6 Å². The maximum absolute atomic E-state index is 12.9. The fourth-order valence-electron chi connectivity index (χ4n) is 3.61. The van der Waals surface area contributed by atoms with Crippen LogP contribution in [0, 0.1) is 0 Å². The van der Waals surface area contributed by atoms with Gasteiger partial charge in [-0.1, -0.05) is 96.5 Å². The zero-order chi connectivity index (χ0) is 20.9. The Morgan fingerprint density at radius 1 is 0.667 bits per heavy atom. The molecule has 0 amide bonds. The molecule has 0 aromatic heterocycles. The van der Waals surface area contributed by atoms with Crippen molar-refractivity contribution in [2.45, 2.75) is 13.1 Å². The summed E-state index contributed by atoms with van der Waals surface area (Å²) >= 11 is 6.31.